The lowest BCUT2D eigenvalue weighted by Crippen LogP contribution is -2.30. The average Bonchev–Trinajstić information content (AvgIpc) is 3.09. The van der Waals surface area contributed by atoms with E-state index < -0.39 is 12.1 Å². The molecule has 0 heterocycles. The van der Waals surface area contributed by atoms with Crippen LogP contribution in [0.4, 0.5) is 4.79 Å². The molecule has 0 radical (unpaired) electrons. The van der Waals surface area contributed by atoms with Crippen LogP contribution in [-0.4, -0.2) is 47.3 Å². The zero-order chi connectivity index (χ0) is 24.7. The van der Waals surface area contributed by atoms with Crippen molar-refractivity contribution < 1.29 is 34.0 Å². The summed E-state index contributed by atoms with van der Waals surface area (Å²) in [4.78, 5) is 23.3. The highest BCUT2D eigenvalue weighted by molar-refractivity contribution is 5.68. The molecule has 5 atom stereocenters. The van der Waals surface area contributed by atoms with Crippen molar-refractivity contribution >= 4 is 12.1 Å². The number of carbonyl (C=O) groups is 2. The van der Waals surface area contributed by atoms with E-state index in [0.29, 0.717) is 24.0 Å². The number of aliphatic hydroxyl groups is 1. The predicted molar refractivity (Wildman–Crippen MR) is 128 cm³/mol. The Morgan fingerprint density at radius 1 is 1.15 bits per heavy atom. The predicted octanol–water partition coefficient (Wildman–Crippen LogP) is 5.15. The first-order chi connectivity index (χ1) is 16.3. The molecule has 2 N–H and O–H groups in total. The van der Waals surface area contributed by atoms with Crippen LogP contribution in [-0.2, 0) is 27.1 Å². The summed E-state index contributed by atoms with van der Waals surface area (Å²) in [5.74, 6) is 0.428. The van der Waals surface area contributed by atoms with E-state index in [0.717, 1.165) is 56.9 Å². The van der Waals surface area contributed by atoms with Gasteiger partial charge < -0.3 is 24.4 Å². The second kappa shape index (κ2) is 12.4. The average molecular weight is 477 g/mol. The molecule has 1 aromatic rings. The molecule has 2 aliphatic rings. The van der Waals surface area contributed by atoms with Gasteiger partial charge in [0.25, 0.3) is 0 Å². The maximum atomic E-state index is 12.3. The normalized spacial score (nSPS) is 24.3. The van der Waals surface area contributed by atoms with E-state index in [1.165, 1.54) is 5.56 Å². The molecule has 34 heavy (non-hydrogen) atoms. The summed E-state index contributed by atoms with van der Waals surface area (Å²) in [5, 5.41) is 19.5. The molecule has 7 heteroatoms. The fourth-order valence-electron chi connectivity index (χ4n) is 5.69. The molecule has 0 amide bonds. The Kier molecular flexibility index (Phi) is 9.63. The van der Waals surface area contributed by atoms with E-state index in [2.05, 4.69) is 13.0 Å². The molecule has 3 rings (SSSR count). The van der Waals surface area contributed by atoms with Gasteiger partial charge in [-0.3, -0.25) is 0 Å². The molecule has 0 saturated heterocycles. The van der Waals surface area contributed by atoms with Crippen LogP contribution in [0.1, 0.15) is 76.8 Å². The fourth-order valence-corrected chi connectivity index (χ4v) is 5.69. The molecule has 0 spiro atoms. The number of carboxylic acids is 1. The first-order valence-corrected chi connectivity index (χ1v) is 12.8. The van der Waals surface area contributed by atoms with E-state index in [1.807, 2.05) is 12.1 Å². The second-order valence-corrected chi connectivity index (χ2v) is 10.1. The summed E-state index contributed by atoms with van der Waals surface area (Å²) < 4.78 is 16.6. The van der Waals surface area contributed by atoms with Crippen LogP contribution in [0.2, 0.25) is 0 Å². The Morgan fingerprint density at radius 3 is 2.65 bits per heavy atom. The van der Waals surface area contributed by atoms with Crippen molar-refractivity contribution in [1.29, 1.82) is 0 Å². The number of ether oxygens (including phenoxy) is 3. The highest BCUT2D eigenvalue weighted by Crippen LogP contribution is 2.49. The maximum absolute atomic E-state index is 12.3. The summed E-state index contributed by atoms with van der Waals surface area (Å²) in [6.45, 7) is 5.39. The van der Waals surface area contributed by atoms with Crippen molar-refractivity contribution in [1.82, 2.24) is 0 Å². The first-order valence-electron chi connectivity index (χ1n) is 12.8. The van der Waals surface area contributed by atoms with Crippen LogP contribution in [0.3, 0.4) is 0 Å². The summed E-state index contributed by atoms with van der Waals surface area (Å²) in [7, 11) is 0. The van der Waals surface area contributed by atoms with Gasteiger partial charge in [0.1, 0.15) is 11.9 Å². The van der Waals surface area contributed by atoms with Gasteiger partial charge in [0.2, 0.25) is 0 Å². The number of benzene rings is 1. The van der Waals surface area contributed by atoms with Crippen LogP contribution in [0, 0.1) is 17.8 Å². The summed E-state index contributed by atoms with van der Waals surface area (Å²) >= 11 is 0. The van der Waals surface area contributed by atoms with E-state index in [1.54, 1.807) is 13.8 Å². The van der Waals surface area contributed by atoms with Gasteiger partial charge in [-0.2, -0.15) is 0 Å². The van der Waals surface area contributed by atoms with Crippen molar-refractivity contribution in [3.8, 4) is 5.75 Å². The fraction of sp³-hybridized carbons (Fsp3) is 0.704. The van der Waals surface area contributed by atoms with E-state index >= 15 is 0 Å². The quantitative estimate of drug-likeness (QED) is 0.318. The summed E-state index contributed by atoms with van der Waals surface area (Å²) in [6.07, 6.45) is 6.48. The number of unbranched alkanes of at least 4 members (excludes halogenated alkanes) is 2. The summed E-state index contributed by atoms with van der Waals surface area (Å²) in [6, 6.07) is 5.82. The number of fused-ring (bicyclic) bond motifs is 2. The van der Waals surface area contributed by atoms with Crippen LogP contribution in [0.5, 0.6) is 5.75 Å². The molecular formula is C27H40O7. The molecule has 1 saturated carbocycles. The third-order valence-corrected chi connectivity index (χ3v) is 7.22. The van der Waals surface area contributed by atoms with Gasteiger partial charge in [-0.15, -0.1) is 0 Å². The van der Waals surface area contributed by atoms with Gasteiger partial charge in [0, 0.05) is 0 Å². The molecule has 0 bridgehead atoms. The van der Waals surface area contributed by atoms with Crippen molar-refractivity contribution in [3.05, 3.63) is 29.3 Å². The van der Waals surface area contributed by atoms with Gasteiger partial charge in [-0.25, -0.2) is 9.59 Å². The minimum atomic E-state index is -0.998. The van der Waals surface area contributed by atoms with Gasteiger partial charge in [0.05, 0.1) is 12.2 Å². The molecule has 0 aromatic heterocycles. The second-order valence-electron chi connectivity index (χ2n) is 10.1. The third kappa shape index (κ3) is 7.11. The van der Waals surface area contributed by atoms with Crippen molar-refractivity contribution in [2.24, 2.45) is 17.8 Å². The van der Waals surface area contributed by atoms with Crippen LogP contribution < -0.4 is 4.74 Å². The summed E-state index contributed by atoms with van der Waals surface area (Å²) in [5.41, 5.74) is 2.23. The van der Waals surface area contributed by atoms with Gasteiger partial charge in [-0.05, 0) is 87.3 Å². The highest BCUT2D eigenvalue weighted by atomic mass is 16.7. The van der Waals surface area contributed by atoms with Crippen LogP contribution in [0.15, 0.2) is 18.2 Å². The Balaban J connectivity index is 1.73. The van der Waals surface area contributed by atoms with Crippen molar-refractivity contribution in [2.45, 2.75) is 96.9 Å². The number of rotatable bonds is 12. The Labute approximate surface area is 202 Å². The minimum Gasteiger partial charge on any atom is -0.482 e. The Hall–Kier alpha value is -2.28. The molecule has 0 aliphatic heterocycles. The molecule has 0 unspecified atom stereocenters. The first kappa shape index (κ1) is 26.3. The molecule has 1 fully saturated rings. The number of carbonyl (C=O) groups excluding carboxylic acids is 1. The van der Waals surface area contributed by atoms with E-state index in [9.17, 15) is 14.7 Å². The van der Waals surface area contributed by atoms with Crippen molar-refractivity contribution in [3.63, 3.8) is 0 Å². The topological polar surface area (TPSA) is 102 Å². The highest BCUT2D eigenvalue weighted by Gasteiger charge is 2.47. The van der Waals surface area contributed by atoms with E-state index in [-0.39, 0.29) is 30.8 Å². The standard InChI is InChI=1S/C27H40O7/c1-4-5-6-9-20(28)11-12-21-22-13-18-8-7-10-24(32-16-26(29)30)23(18)14-19(22)15-25(21)34-27(31)33-17(2)3/h7-8,10,17,19-22,25,28H,4-6,9,11-16H2,1-3H3,(H,29,30)/t19-,20-,21+,22-,25+/m0/s1. The van der Waals surface area contributed by atoms with E-state index in [4.69, 9.17) is 19.3 Å². The van der Waals surface area contributed by atoms with Gasteiger partial charge >= 0.3 is 12.1 Å². The third-order valence-electron chi connectivity index (χ3n) is 7.22. The number of carboxylic acid groups (broad SMARTS) is 1. The molecule has 2 aliphatic carbocycles. The minimum absolute atomic E-state index is 0.155. The zero-order valence-electron chi connectivity index (χ0n) is 20.7. The number of hydrogen-bond donors (Lipinski definition) is 2. The number of hydrogen-bond acceptors (Lipinski definition) is 6. The smallest absolute Gasteiger partial charge is 0.482 e. The van der Waals surface area contributed by atoms with Gasteiger partial charge in [-0.1, -0.05) is 38.3 Å². The SMILES string of the molecule is CCCCC[C@H](O)CC[C@@H]1[C@H]2Cc3cccc(OCC(=O)O)c3C[C@H]2C[C@H]1OC(=O)OC(C)C. The monoisotopic (exact) mass is 476 g/mol. The lowest BCUT2D eigenvalue weighted by molar-refractivity contribution is -0.139. The maximum Gasteiger partial charge on any atom is 0.508 e. The van der Waals surface area contributed by atoms with Crippen LogP contribution >= 0.6 is 0 Å². The molecule has 1 aromatic carbocycles. The lowest BCUT2D eigenvalue weighted by atomic mass is 9.73. The van der Waals surface area contributed by atoms with Crippen LogP contribution in [0.25, 0.3) is 0 Å². The Bertz CT molecular complexity index is 821. The number of aliphatic hydroxyl groups excluding tert-OH is 1. The largest absolute Gasteiger partial charge is 0.508 e. The molecular weight excluding hydrogens is 436 g/mol. The van der Waals surface area contributed by atoms with Gasteiger partial charge in [0.15, 0.2) is 6.61 Å². The molecule has 7 nitrogen and oxygen atoms in total. The lowest BCUT2D eigenvalue weighted by Gasteiger charge is -2.32. The van der Waals surface area contributed by atoms with Crippen molar-refractivity contribution in [2.75, 3.05) is 6.61 Å². The molecule has 190 valence electrons. The number of aliphatic carboxylic acids is 1. The zero-order valence-corrected chi connectivity index (χ0v) is 20.7. The Morgan fingerprint density at radius 2 is 1.94 bits per heavy atom.